The Morgan fingerprint density at radius 2 is 0.985 bits per heavy atom. The first kappa shape index (κ1) is 40.4. The van der Waals surface area contributed by atoms with Crippen LogP contribution in [0.3, 0.4) is 0 Å². The summed E-state index contributed by atoms with van der Waals surface area (Å²) in [4.78, 5) is 18.0. The smallest absolute Gasteiger partial charge is 0.164 e. The average molecular weight is 864 g/mol. The van der Waals surface area contributed by atoms with Crippen molar-refractivity contribution >= 4 is 38.9 Å². The van der Waals surface area contributed by atoms with E-state index in [1.807, 2.05) is 36.4 Å². The Morgan fingerprint density at radius 1 is 0.463 bits per heavy atom. The SMILES string of the molecule is Cc1c(C)c(N2c3ccccc3C(c3ccccc3)(c3ccc4c(c3)c3ccccc3n4C3C=CC=CC3)c3ccccc32)c(C)c(C)c1-c1nc(-c2ccccc2)nc(-c2ccccc2)n1. The van der Waals surface area contributed by atoms with Crippen LogP contribution in [-0.4, -0.2) is 19.5 Å². The van der Waals surface area contributed by atoms with Crippen molar-refractivity contribution in [2.24, 2.45) is 0 Å². The van der Waals surface area contributed by atoms with Gasteiger partial charge in [0.25, 0.3) is 0 Å². The maximum Gasteiger partial charge on any atom is 0.164 e. The molecule has 0 saturated heterocycles. The van der Waals surface area contributed by atoms with Gasteiger partial charge in [0.15, 0.2) is 17.5 Å². The Morgan fingerprint density at radius 3 is 1.58 bits per heavy atom. The van der Waals surface area contributed by atoms with Crippen molar-refractivity contribution < 1.29 is 0 Å². The number of allylic oxidation sites excluding steroid dienone is 4. The lowest BCUT2D eigenvalue weighted by Gasteiger charge is -2.47. The molecular weight excluding hydrogens is 815 g/mol. The second-order valence-electron chi connectivity index (χ2n) is 18.0. The topological polar surface area (TPSA) is 46.8 Å². The molecule has 1 aliphatic carbocycles. The highest BCUT2D eigenvalue weighted by Gasteiger charge is 2.47. The van der Waals surface area contributed by atoms with Crippen molar-refractivity contribution in [2.75, 3.05) is 4.90 Å². The maximum atomic E-state index is 5.23. The Balaban J connectivity index is 1.09. The molecule has 0 bridgehead atoms. The van der Waals surface area contributed by atoms with Crippen LogP contribution in [0.1, 0.15) is 57.0 Å². The molecular formula is C62H49N5. The van der Waals surface area contributed by atoms with E-state index >= 15 is 0 Å². The van der Waals surface area contributed by atoms with Gasteiger partial charge in [0.2, 0.25) is 0 Å². The summed E-state index contributed by atoms with van der Waals surface area (Å²) in [5.74, 6) is 1.99. The summed E-state index contributed by atoms with van der Waals surface area (Å²) in [7, 11) is 0. The standard InChI is InChI=1S/C62H49N5/c1-40-42(3)58(43(4)41(2)57(40)61-64-59(44-23-9-5-10-24-44)63-60(65-61)45-25-11-6-12-26-45)67-55-35-21-18-32-51(55)62(46-27-13-7-14-28-46,52-33-19-22-36-56(52)67)47-37-38-54-50(39-47)49-31-17-20-34-53(49)66(54)48-29-15-8-16-30-48/h5-29,31-39,48H,30H2,1-4H3. The molecule has 0 fully saturated rings. The number of nitrogens with zero attached hydrogens (tertiary/aromatic N) is 5. The van der Waals surface area contributed by atoms with E-state index in [1.165, 1.54) is 60.9 Å². The summed E-state index contributed by atoms with van der Waals surface area (Å²) < 4.78 is 2.54. The van der Waals surface area contributed by atoms with Gasteiger partial charge in [0.05, 0.1) is 28.5 Å². The van der Waals surface area contributed by atoms with E-state index in [2.05, 4.69) is 207 Å². The van der Waals surface area contributed by atoms with Crippen LogP contribution in [0.15, 0.2) is 206 Å². The van der Waals surface area contributed by atoms with Gasteiger partial charge in [-0.05, 0) is 109 Å². The van der Waals surface area contributed by atoms with Crippen LogP contribution < -0.4 is 4.90 Å². The molecule has 322 valence electrons. The van der Waals surface area contributed by atoms with Gasteiger partial charge < -0.3 is 9.47 Å². The van der Waals surface area contributed by atoms with Gasteiger partial charge in [-0.3, -0.25) is 0 Å². The number of benzene rings is 8. The second kappa shape index (κ2) is 16.1. The van der Waals surface area contributed by atoms with Crippen molar-refractivity contribution in [3.63, 3.8) is 0 Å². The number of fused-ring (bicyclic) bond motifs is 5. The first-order valence-electron chi connectivity index (χ1n) is 23.3. The Labute approximate surface area is 392 Å². The van der Waals surface area contributed by atoms with Gasteiger partial charge in [-0.25, -0.2) is 15.0 Å². The third-order valence-electron chi connectivity index (χ3n) is 14.5. The van der Waals surface area contributed by atoms with Crippen molar-refractivity contribution in [1.29, 1.82) is 0 Å². The minimum Gasteiger partial charge on any atom is -0.333 e. The summed E-state index contributed by atoms with van der Waals surface area (Å²) in [6.07, 6.45) is 9.93. The predicted octanol–water partition coefficient (Wildman–Crippen LogP) is 15.4. The van der Waals surface area contributed by atoms with Crippen molar-refractivity contribution in [3.8, 4) is 34.2 Å². The first-order valence-corrected chi connectivity index (χ1v) is 23.3. The molecule has 1 unspecified atom stereocenters. The molecule has 0 spiro atoms. The fourth-order valence-electron chi connectivity index (χ4n) is 11.2. The number of aromatic nitrogens is 4. The van der Waals surface area contributed by atoms with Crippen molar-refractivity contribution in [3.05, 3.63) is 251 Å². The van der Waals surface area contributed by atoms with E-state index in [0.29, 0.717) is 17.5 Å². The number of hydrogen-bond acceptors (Lipinski definition) is 4. The lowest BCUT2D eigenvalue weighted by atomic mass is 9.62. The molecule has 2 aliphatic rings. The van der Waals surface area contributed by atoms with Gasteiger partial charge in [-0.15, -0.1) is 0 Å². The fourth-order valence-corrected chi connectivity index (χ4v) is 11.2. The highest BCUT2D eigenvalue weighted by molar-refractivity contribution is 6.09. The number of para-hydroxylation sites is 3. The van der Waals surface area contributed by atoms with E-state index in [1.54, 1.807) is 0 Å². The van der Waals surface area contributed by atoms with Crippen LogP contribution in [0.4, 0.5) is 17.1 Å². The van der Waals surface area contributed by atoms with Crippen LogP contribution in [0.2, 0.25) is 0 Å². The Hall–Kier alpha value is -8.15. The van der Waals surface area contributed by atoms with E-state index < -0.39 is 5.41 Å². The van der Waals surface area contributed by atoms with E-state index in [0.717, 1.165) is 45.6 Å². The van der Waals surface area contributed by atoms with Gasteiger partial charge in [0, 0.05) is 38.5 Å². The molecule has 67 heavy (non-hydrogen) atoms. The van der Waals surface area contributed by atoms with E-state index in [9.17, 15) is 0 Å². The molecule has 3 heterocycles. The quantitative estimate of drug-likeness (QED) is 0.160. The molecule has 1 aliphatic heterocycles. The van der Waals surface area contributed by atoms with Gasteiger partial charge in [-0.1, -0.05) is 176 Å². The molecule has 8 aromatic carbocycles. The number of rotatable bonds is 7. The number of hydrogen-bond donors (Lipinski definition) is 0. The van der Waals surface area contributed by atoms with E-state index in [-0.39, 0.29) is 6.04 Å². The van der Waals surface area contributed by atoms with Gasteiger partial charge >= 0.3 is 0 Å². The zero-order valence-electron chi connectivity index (χ0n) is 38.2. The fraction of sp³-hybridized carbons (Fsp3) is 0.113. The summed E-state index contributed by atoms with van der Waals surface area (Å²) in [6, 6.07) is 66.2. The molecule has 2 aromatic heterocycles. The van der Waals surface area contributed by atoms with Crippen LogP contribution in [0.25, 0.3) is 56.0 Å². The minimum absolute atomic E-state index is 0.248. The molecule has 1 atom stereocenters. The average Bonchev–Trinajstić information content (AvgIpc) is 3.73. The second-order valence-corrected chi connectivity index (χ2v) is 18.0. The molecule has 0 amide bonds. The molecule has 0 radical (unpaired) electrons. The summed E-state index contributed by atoms with van der Waals surface area (Å²) in [5.41, 5.74) is 17.9. The Kier molecular flexibility index (Phi) is 9.68. The minimum atomic E-state index is -0.645. The van der Waals surface area contributed by atoms with Gasteiger partial charge in [0.1, 0.15) is 0 Å². The zero-order chi connectivity index (χ0) is 45.2. The zero-order valence-corrected chi connectivity index (χ0v) is 38.2. The van der Waals surface area contributed by atoms with Crippen LogP contribution in [0.5, 0.6) is 0 Å². The van der Waals surface area contributed by atoms with Gasteiger partial charge in [-0.2, -0.15) is 0 Å². The summed E-state index contributed by atoms with van der Waals surface area (Å²) in [5, 5.41) is 2.54. The molecule has 5 nitrogen and oxygen atoms in total. The molecule has 5 heteroatoms. The normalized spacial score (nSPS) is 14.9. The third kappa shape index (κ3) is 6.25. The largest absolute Gasteiger partial charge is 0.333 e. The van der Waals surface area contributed by atoms with Crippen molar-refractivity contribution in [2.45, 2.75) is 45.6 Å². The third-order valence-corrected chi connectivity index (χ3v) is 14.5. The molecule has 12 rings (SSSR count). The number of anilines is 3. The first-order chi connectivity index (χ1) is 32.9. The van der Waals surface area contributed by atoms with E-state index in [4.69, 9.17) is 15.0 Å². The van der Waals surface area contributed by atoms with Crippen LogP contribution in [-0.2, 0) is 5.41 Å². The molecule has 0 N–H and O–H groups in total. The summed E-state index contributed by atoms with van der Waals surface area (Å²) >= 11 is 0. The maximum absolute atomic E-state index is 5.23. The highest BCUT2D eigenvalue weighted by atomic mass is 15.2. The molecule has 0 saturated carbocycles. The highest BCUT2D eigenvalue weighted by Crippen LogP contribution is 2.59. The summed E-state index contributed by atoms with van der Waals surface area (Å²) in [6.45, 7) is 9.00. The predicted molar refractivity (Wildman–Crippen MR) is 277 cm³/mol. The Bertz CT molecular complexity index is 3470. The molecule has 10 aromatic rings. The van der Waals surface area contributed by atoms with Crippen LogP contribution in [0, 0.1) is 27.7 Å². The monoisotopic (exact) mass is 863 g/mol. The lowest BCUT2D eigenvalue weighted by Crippen LogP contribution is -2.38. The van der Waals surface area contributed by atoms with Crippen LogP contribution >= 0.6 is 0 Å². The van der Waals surface area contributed by atoms with Crippen molar-refractivity contribution in [1.82, 2.24) is 19.5 Å². The lowest BCUT2D eigenvalue weighted by molar-refractivity contribution is 0.647.